The average Bonchev–Trinajstić information content (AvgIpc) is 3.05. The quantitative estimate of drug-likeness (QED) is 0.376. The predicted molar refractivity (Wildman–Crippen MR) is 120 cm³/mol. The van der Waals surface area contributed by atoms with Gasteiger partial charge in [-0.05, 0) is 57.0 Å². The molecule has 0 atom stereocenters. The first-order chi connectivity index (χ1) is 15.3. The Hall–Kier alpha value is -3.47. The second kappa shape index (κ2) is 9.18. The zero-order valence-corrected chi connectivity index (χ0v) is 18.9. The fourth-order valence-corrected chi connectivity index (χ4v) is 4.18. The lowest BCUT2D eigenvalue weighted by molar-refractivity contribution is -0.137. The molecule has 0 aliphatic carbocycles. The maximum Gasteiger partial charge on any atom is 0.418 e. The van der Waals surface area contributed by atoms with Crippen LogP contribution in [0.5, 0.6) is 0 Å². The van der Waals surface area contributed by atoms with Crippen LogP contribution in [-0.2, 0) is 6.18 Å². The first-order valence-corrected chi connectivity index (χ1v) is 10.5. The molecular formula is C22H20F4N4O2S. The Bertz CT molecular complexity index is 1210. The van der Waals surface area contributed by atoms with Gasteiger partial charge in [0.1, 0.15) is 10.7 Å². The van der Waals surface area contributed by atoms with Gasteiger partial charge in [-0.3, -0.25) is 10.1 Å². The van der Waals surface area contributed by atoms with Crippen molar-refractivity contribution in [2.45, 2.75) is 33.9 Å². The lowest BCUT2D eigenvalue weighted by Gasteiger charge is -2.13. The molecule has 0 aliphatic rings. The first kappa shape index (κ1) is 24.2. The molecule has 11 heteroatoms. The minimum absolute atomic E-state index is 0.0168. The number of aryl methyl sites for hydroxylation is 4. The van der Waals surface area contributed by atoms with Crippen LogP contribution in [0.1, 0.15) is 37.6 Å². The number of halogens is 4. The van der Waals surface area contributed by atoms with Crippen LogP contribution in [0.25, 0.3) is 0 Å². The van der Waals surface area contributed by atoms with Gasteiger partial charge >= 0.3 is 12.2 Å². The molecule has 0 unspecified atom stereocenters. The maximum absolute atomic E-state index is 13.2. The number of carbonyl (C=O) groups is 2. The van der Waals surface area contributed by atoms with Gasteiger partial charge in [-0.25, -0.2) is 14.2 Å². The SMILES string of the molecule is Cc1cc(C)c(NC(=O)c2sc(NC(=O)Nc3ccc(F)cc3C(F)(F)F)nc2C)c(C)c1. The van der Waals surface area contributed by atoms with Gasteiger partial charge < -0.3 is 10.6 Å². The van der Waals surface area contributed by atoms with Crippen molar-refractivity contribution in [2.75, 3.05) is 16.0 Å². The molecule has 0 aliphatic heterocycles. The molecule has 33 heavy (non-hydrogen) atoms. The van der Waals surface area contributed by atoms with E-state index in [1.165, 1.54) is 0 Å². The number of hydrogen-bond donors (Lipinski definition) is 3. The number of anilines is 3. The Balaban J connectivity index is 1.75. The first-order valence-electron chi connectivity index (χ1n) is 9.66. The van der Waals surface area contributed by atoms with E-state index in [1.807, 2.05) is 38.2 Å². The largest absolute Gasteiger partial charge is 0.418 e. The lowest BCUT2D eigenvalue weighted by atomic mass is 10.1. The standard InChI is InChI=1S/C22H20F4N4O2S/c1-10-7-11(2)17(12(3)8-10)29-19(31)18-13(4)27-21(33-18)30-20(32)28-16-6-5-14(23)9-15(16)22(24,25)26/h5-9H,1-4H3,(H,29,31)(H2,27,28,30,32). The molecule has 1 heterocycles. The molecule has 0 saturated carbocycles. The second-order valence-corrected chi connectivity index (χ2v) is 8.43. The number of rotatable bonds is 4. The number of urea groups is 1. The normalized spacial score (nSPS) is 11.3. The molecule has 1 aromatic heterocycles. The summed E-state index contributed by atoms with van der Waals surface area (Å²) >= 11 is 0.875. The molecule has 3 rings (SSSR count). The molecule has 174 valence electrons. The number of thiazole rings is 1. The van der Waals surface area contributed by atoms with Gasteiger partial charge in [0.25, 0.3) is 5.91 Å². The summed E-state index contributed by atoms with van der Waals surface area (Å²) in [5.41, 5.74) is 1.91. The molecule has 0 fully saturated rings. The van der Waals surface area contributed by atoms with Crippen LogP contribution in [0.4, 0.5) is 38.9 Å². The van der Waals surface area contributed by atoms with Crippen LogP contribution in [-0.4, -0.2) is 16.9 Å². The summed E-state index contributed by atoms with van der Waals surface area (Å²) in [6.07, 6.45) is -4.86. The number of amides is 3. The van der Waals surface area contributed by atoms with Crippen LogP contribution in [0, 0.1) is 33.5 Å². The van der Waals surface area contributed by atoms with E-state index in [-0.39, 0.29) is 10.0 Å². The fraction of sp³-hybridized carbons (Fsp3) is 0.227. The second-order valence-electron chi connectivity index (χ2n) is 7.43. The van der Waals surface area contributed by atoms with Gasteiger partial charge in [-0.1, -0.05) is 29.0 Å². The third-order valence-electron chi connectivity index (χ3n) is 4.67. The molecule has 3 aromatic rings. The number of nitrogens with zero attached hydrogens (tertiary/aromatic N) is 1. The van der Waals surface area contributed by atoms with Crippen LogP contribution in [0.15, 0.2) is 30.3 Å². The van der Waals surface area contributed by atoms with Gasteiger partial charge in [0.05, 0.1) is 16.9 Å². The minimum atomic E-state index is -4.86. The van der Waals surface area contributed by atoms with E-state index in [0.29, 0.717) is 17.4 Å². The monoisotopic (exact) mass is 480 g/mol. The molecule has 2 aromatic carbocycles. The minimum Gasteiger partial charge on any atom is -0.321 e. The van der Waals surface area contributed by atoms with Gasteiger partial charge in [0, 0.05) is 5.69 Å². The van der Waals surface area contributed by atoms with Crippen molar-refractivity contribution in [1.82, 2.24) is 4.98 Å². The molecule has 6 nitrogen and oxygen atoms in total. The Kier molecular flexibility index (Phi) is 6.73. The number of hydrogen-bond acceptors (Lipinski definition) is 4. The Labute approximate surface area is 191 Å². The van der Waals surface area contributed by atoms with Crippen LogP contribution < -0.4 is 16.0 Å². The number of benzene rings is 2. The van der Waals surface area contributed by atoms with Gasteiger partial charge in [-0.2, -0.15) is 13.2 Å². The van der Waals surface area contributed by atoms with E-state index >= 15 is 0 Å². The summed E-state index contributed by atoms with van der Waals surface area (Å²) in [6.45, 7) is 7.27. The Morgan fingerprint density at radius 3 is 2.18 bits per heavy atom. The predicted octanol–water partition coefficient (Wildman–Crippen LogP) is 6.43. The van der Waals surface area contributed by atoms with Crippen molar-refractivity contribution in [3.8, 4) is 0 Å². The van der Waals surface area contributed by atoms with E-state index in [0.717, 1.165) is 40.2 Å². The third-order valence-corrected chi connectivity index (χ3v) is 5.75. The van der Waals surface area contributed by atoms with E-state index in [9.17, 15) is 27.2 Å². The van der Waals surface area contributed by atoms with Crippen molar-refractivity contribution in [1.29, 1.82) is 0 Å². The average molecular weight is 480 g/mol. The van der Waals surface area contributed by atoms with Gasteiger partial charge in [0.2, 0.25) is 0 Å². The summed E-state index contributed by atoms with van der Waals surface area (Å²) in [5, 5.41) is 7.21. The topological polar surface area (TPSA) is 83.1 Å². The maximum atomic E-state index is 13.2. The number of alkyl halides is 3. The Morgan fingerprint density at radius 1 is 0.939 bits per heavy atom. The highest BCUT2D eigenvalue weighted by molar-refractivity contribution is 7.17. The van der Waals surface area contributed by atoms with Gasteiger partial charge in [0.15, 0.2) is 5.13 Å². The zero-order valence-electron chi connectivity index (χ0n) is 18.1. The molecule has 0 bridgehead atoms. The van der Waals surface area contributed by atoms with E-state index in [4.69, 9.17) is 0 Å². The van der Waals surface area contributed by atoms with E-state index in [2.05, 4.69) is 15.6 Å². The summed E-state index contributed by atoms with van der Waals surface area (Å²) in [4.78, 5) is 29.3. The van der Waals surface area contributed by atoms with Crippen molar-refractivity contribution >= 4 is 39.8 Å². The number of carbonyl (C=O) groups excluding carboxylic acids is 2. The molecule has 3 amide bonds. The molecule has 0 radical (unpaired) electrons. The third kappa shape index (κ3) is 5.67. The smallest absolute Gasteiger partial charge is 0.321 e. The highest BCUT2D eigenvalue weighted by Gasteiger charge is 2.34. The molecule has 0 saturated heterocycles. The fourth-order valence-electron chi connectivity index (χ4n) is 3.32. The van der Waals surface area contributed by atoms with E-state index < -0.39 is 35.2 Å². The summed E-state index contributed by atoms with van der Waals surface area (Å²) in [5.74, 6) is -1.51. The van der Waals surface area contributed by atoms with Crippen molar-refractivity contribution in [3.05, 3.63) is 69.0 Å². The van der Waals surface area contributed by atoms with Crippen molar-refractivity contribution < 1.29 is 27.2 Å². The molecule has 0 spiro atoms. The highest BCUT2D eigenvalue weighted by atomic mass is 32.1. The van der Waals surface area contributed by atoms with Crippen molar-refractivity contribution in [3.63, 3.8) is 0 Å². The van der Waals surface area contributed by atoms with E-state index in [1.54, 1.807) is 6.92 Å². The van der Waals surface area contributed by atoms with Crippen LogP contribution in [0.3, 0.4) is 0 Å². The molecular weight excluding hydrogens is 460 g/mol. The summed E-state index contributed by atoms with van der Waals surface area (Å²) in [7, 11) is 0. The van der Waals surface area contributed by atoms with Crippen LogP contribution >= 0.6 is 11.3 Å². The number of nitrogens with one attached hydrogen (secondary N) is 3. The summed E-state index contributed by atoms with van der Waals surface area (Å²) in [6, 6.07) is 4.76. The lowest BCUT2D eigenvalue weighted by Crippen LogP contribution is -2.22. The summed E-state index contributed by atoms with van der Waals surface area (Å²) < 4.78 is 52.6. The highest BCUT2D eigenvalue weighted by Crippen LogP contribution is 2.35. The zero-order chi connectivity index (χ0) is 24.5. The van der Waals surface area contributed by atoms with Crippen molar-refractivity contribution in [2.24, 2.45) is 0 Å². The van der Waals surface area contributed by atoms with Gasteiger partial charge in [-0.15, -0.1) is 0 Å². The van der Waals surface area contributed by atoms with Crippen LogP contribution in [0.2, 0.25) is 0 Å². The Morgan fingerprint density at radius 2 is 1.58 bits per heavy atom. The molecule has 3 N–H and O–H groups in total. The number of aromatic nitrogens is 1.